The summed E-state index contributed by atoms with van der Waals surface area (Å²) in [5, 5.41) is 8.02. The Bertz CT molecular complexity index is 883. The first-order valence-corrected chi connectivity index (χ1v) is 10.6. The average molecular weight is 420 g/mol. The molecule has 1 atom stereocenters. The Labute approximate surface area is 176 Å². The molecule has 0 radical (unpaired) electrons. The topological polar surface area (TPSA) is 57.0 Å². The fourth-order valence-electron chi connectivity index (χ4n) is 3.96. The van der Waals surface area contributed by atoms with Crippen LogP contribution < -0.4 is 0 Å². The van der Waals surface area contributed by atoms with Gasteiger partial charge in [0.05, 0.1) is 22.9 Å². The van der Waals surface area contributed by atoms with E-state index in [2.05, 4.69) is 10.3 Å². The Kier molecular flexibility index (Phi) is 6.29. The molecule has 0 saturated heterocycles. The molecule has 1 heterocycles. The Morgan fingerprint density at radius 1 is 1.23 bits per heavy atom. The van der Waals surface area contributed by atoms with Crippen LogP contribution in [0.25, 0.3) is 0 Å². The quantitative estimate of drug-likeness (QED) is 0.633. The number of alkyl halides is 2. The van der Waals surface area contributed by atoms with Crippen molar-refractivity contribution in [2.45, 2.75) is 84.3 Å². The van der Waals surface area contributed by atoms with Gasteiger partial charge in [-0.05, 0) is 78.0 Å². The van der Waals surface area contributed by atoms with E-state index < -0.39 is 23.3 Å². The molecular formula is C23H31F2N3O2. The number of nitrogens with zero attached hydrogens (tertiary/aromatic N) is 3. The molecule has 1 aromatic carbocycles. The van der Waals surface area contributed by atoms with Crippen molar-refractivity contribution in [1.82, 2.24) is 15.0 Å². The van der Waals surface area contributed by atoms with Crippen LogP contribution in [-0.2, 0) is 29.0 Å². The molecule has 0 saturated carbocycles. The summed E-state index contributed by atoms with van der Waals surface area (Å²) in [7, 11) is 0. The van der Waals surface area contributed by atoms with Crippen LogP contribution in [0.3, 0.4) is 0 Å². The van der Waals surface area contributed by atoms with Gasteiger partial charge in [-0.25, -0.2) is 9.48 Å². The first-order valence-electron chi connectivity index (χ1n) is 10.6. The zero-order valence-corrected chi connectivity index (χ0v) is 18.4. The van der Waals surface area contributed by atoms with E-state index in [0.717, 1.165) is 18.4 Å². The smallest absolute Gasteiger partial charge is 0.338 e. The lowest BCUT2D eigenvalue weighted by Crippen LogP contribution is -2.32. The molecule has 30 heavy (non-hydrogen) atoms. The van der Waals surface area contributed by atoms with Crippen LogP contribution in [0.15, 0.2) is 24.3 Å². The van der Waals surface area contributed by atoms with E-state index in [9.17, 15) is 4.79 Å². The monoisotopic (exact) mass is 419 g/mol. The maximum atomic E-state index is 15.6. The number of esters is 1. The van der Waals surface area contributed by atoms with Gasteiger partial charge in [-0.2, -0.15) is 8.78 Å². The van der Waals surface area contributed by atoms with Crippen LogP contribution in [0.1, 0.15) is 81.2 Å². The van der Waals surface area contributed by atoms with Crippen molar-refractivity contribution in [3.8, 4) is 0 Å². The van der Waals surface area contributed by atoms with E-state index in [1.807, 2.05) is 20.8 Å². The summed E-state index contributed by atoms with van der Waals surface area (Å²) in [4.78, 5) is 12.0. The van der Waals surface area contributed by atoms with E-state index in [1.165, 1.54) is 0 Å². The minimum Gasteiger partial charge on any atom is -0.459 e. The van der Waals surface area contributed by atoms with Crippen molar-refractivity contribution in [3.63, 3.8) is 0 Å². The van der Waals surface area contributed by atoms with Gasteiger partial charge >= 0.3 is 5.97 Å². The molecular weight excluding hydrogens is 388 g/mol. The van der Waals surface area contributed by atoms with Crippen molar-refractivity contribution in [2.24, 2.45) is 5.92 Å². The standard InChI is InChI=1S/C23H31F2N3O2/c1-15(2)30-21(29)17-12-10-16(11-13-17)14-18-8-6-7-9-19-20(23(18,24)25)26-27-28(19)22(3,4)5/h10-13,15,18H,6-9,14H2,1-5H3. The van der Waals surface area contributed by atoms with Gasteiger partial charge in [0, 0.05) is 5.92 Å². The third kappa shape index (κ3) is 4.71. The summed E-state index contributed by atoms with van der Waals surface area (Å²) < 4.78 is 37.9. The molecule has 0 fully saturated rings. The number of benzene rings is 1. The highest BCUT2D eigenvalue weighted by atomic mass is 19.3. The zero-order chi connectivity index (χ0) is 22.1. The highest BCUT2D eigenvalue weighted by molar-refractivity contribution is 5.89. The maximum absolute atomic E-state index is 15.6. The number of rotatable bonds is 4. The highest BCUT2D eigenvalue weighted by Gasteiger charge is 2.47. The molecule has 1 unspecified atom stereocenters. The van der Waals surface area contributed by atoms with Gasteiger partial charge in [0.2, 0.25) is 0 Å². The molecule has 1 aliphatic carbocycles. The number of carbonyl (C=O) groups is 1. The number of carbonyl (C=O) groups excluding carboxylic acids is 1. The zero-order valence-electron chi connectivity index (χ0n) is 18.4. The summed E-state index contributed by atoms with van der Waals surface area (Å²) in [6, 6.07) is 6.75. The van der Waals surface area contributed by atoms with Gasteiger partial charge in [0.1, 0.15) is 0 Å². The molecule has 1 aromatic heterocycles. The van der Waals surface area contributed by atoms with Gasteiger partial charge in [-0.3, -0.25) is 0 Å². The lowest BCUT2D eigenvalue weighted by molar-refractivity contribution is -0.0751. The van der Waals surface area contributed by atoms with E-state index in [0.29, 0.717) is 24.1 Å². The van der Waals surface area contributed by atoms with Crippen LogP contribution in [0.2, 0.25) is 0 Å². The summed E-state index contributed by atoms with van der Waals surface area (Å²) in [6.07, 6.45) is 2.56. The number of fused-ring (bicyclic) bond motifs is 1. The largest absolute Gasteiger partial charge is 0.459 e. The molecule has 7 heteroatoms. The SMILES string of the molecule is CC(C)OC(=O)c1ccc(CC2CCCCc3c(nnn3C(C)(C)C)C2(F)F)cc1. The second-order valence-corrected chi connectivity index (χ2v) is 9.39. The van der Waals surface area contributed by atoms with E-state index in [1.54, 1.807) is 42.8 Å². The minimum absolute atomic E-state index is 0.181. The molecule has 0 N–H and O–H groups in total. The summed E-state index contributed by atoms with van der Waals surface area (Å²) >= 11 is 0. The Hall–Kier alpha value is -2.31. The van der Waals surface area contributed by atoms with Crippen LogP contribution in [0.5, 0.6) is 0 Å². The van der Waals surface area contributed by atoms with E-state index >= 15 is 8.78 Å². The number of hydrogen-bond donors (Lipinski definition) is 0. The normalized spacial score (nSPS) is 19.1. The Morgan fingerprint density at radius 2 is 1.90 bits per heavy atom. The number of aromatic nitrogens is 3. The Balaban J connectivity index is 1.84. The van der Waals surface area contributed by atoms with Gasteiger partial charge in [0.15, 0.2) is 5.69 Å². The average Bonchev–Trinajstić information content (AvgIpc) is 3.08. The third-order valence-electron chi connectivity index (χ3n) is 5.46. The van der Waals surface area contributed by atoms with Gasteiger partial charge in [0.25, 0.3) is 5.92 Å². The molecule has 2 aromatic rings. The van der Waals surface area contributed by atoms with Crippen molar-refractivity contribution in [3.05, 3.63) is 46.8 Å². The maximum Gasteiger partial charge on any atom is 0.338 e. The molecule has 1 aliphatic rings. The van der Waals surface area contributed by atoms with Gasteiger partial charge < -0.3 is 4.74 Å². The van der Waals surface area contributed by atoms with Crippen LogP contribution in [0.4, 0.5) is 8.78 Å². The predicted molar refractivity (Wildman–Crippen MR) is 111 cm³/mol. The fourth-order valence-corrected chi connectivity index (χ4v) is 3.96. The van der Waals surface area contributed by atoms with Crippen molar-refractivity contribution >= 4 is 5.97 Å². The predicted octanol–water partition coefficient (Wildman–Crippen LogP) is 5.28. The molecule has 0 spiro atoms. The number of ether oxygens (including phenoxy) is 1. The van der Waals surface area contributed by atoms with Gasteiger partial charge in [-0.15, -0.1) is 5.10 Å². The van der Waals surface area contributed by atoms with Crippen LogP contribution in [0, 0.1) is 5.92 Å². The van der Waals surface area contributed by atoms with Crippen molar-refractivity contribution in [2.75, 3.05) is 0 Å². The second-order valence-electron chi connectivity index (χ2n) is 9.39. The van der Waals surface area contributed by atoms with Crippen molar-refractivity contribution < 1.29 is 18.3 Å². The molecule has 0 aliphatic heterocycles. The second kappa shape index (κ2) is 8.44. The molecule has 5 nitrogen and oxygen atoms in total. The third-order valence-corrected chi connectivity index (χ3v) is 5.46. The molecule has 3 rings (SSSR count). The van der Waals surface area contributed by atoms with Gasteiger partial charge in [-0.1, -0.05) is 23.8 Å². The number of halogens is 2. The first kappa shape index (κ1) is 22.4. The highest BCUT2D eigenvalue weighted by Crippen LogP contribution is 2.43. The minimum atomic E-state index is -3.06. The molecule has 0 amide bonds. The molecule has 164 valence electrons. The fraction of sp³-hybridized carbons (Fsp3) is 0.609. The number of hydrogen-bond acceptors (Lipinski definition) is 4. The van der Waals surface area contributed by atoms with Crippen LogP contribution >= 0.6 is 0 Å². The molecule has 0 bridgehead atoms. The van der Waals surface area contributed by atoms with E-state index in [-0.39, 0.29) is 18.2 Å². The summed E-state index contributed by atoms with van der Waals surface area (Å²) in [5.41, 5.74) is 1.16. The summed E-state index contributed by atoms with van der Waals surface area (Å²) in [5.74, 6) is -4.33. The summed E-state index contributed by atoms with van der Waals surface area (Å²) in [6.45, 7) is 9.41. The van der Waals surface area contributed by atoms with Crippen molar-refractivity contribution in [1.29, 1.82) is 0 Å². The van der Waals surface area contributed by atoms with Crippen LogP contribution in [-0.4, -0.2) is 27.1 Å². The lowest BCUT2D eigenvalue weighted by atomic mass is 9.83. The Morgan fingerprint density at radius 3 is 2.50 bits per heavy atom. The van der Waals surface area contributed by atoms with E-state index in [4.69, 9.17) is 4.74 Å². The first-order chi connectivity index (χ1) is 14.0. The lowest BCUT2D eigenvalue weighted by Gasteiger charge is -2.29.